The van der Waals surface area contributed by atoms with Gasteiger partial charge in [-0.3, -0.25) is 23.8 Å². The molecule has 0 aromatic heterocycles. The SMILES string of the molecule is CC(C)OC(=O)[C@H](C)NP(=O)(OC[C@@]1(C(F)F)O[C@@H](N2C=C(Cl)C(=O)CC2=O)[C@H](O)[C@H]1O)Oc1ccccc1. The molecule has 2 aliphatic heterocycles. The molecule has 0 bridgehead atoms. The average Bonchev–Trinajstić information content (AvgIpc) is 3.11. The fourth-order valence-electron chi connectivity index (χ4n) is 3.71. The highest BCUT2D eigenvalue weighted by atomic mass is 35.5. The lowest BCUT2D eigenvalue weighted by Gasteiger charge is -2.34. The number of nitrogens with zero attached hydrogens (tertiary/aromatic N) is 1. The van der Waals surface area contributed by atoms with Crippen LogP contribution in [0.25, 0.3) is 0 Å². The van der Waals surface area contributed by atoms with E-state index in [0.29, 0.717) is 4.90 Å². The quantitative estimate of drug-likeness (QED) is 0.195. The molecule has 1 fully saturated rings. The van der Waals surface area contributed by atoms with Crippen LogP contribution < -0.4 is 9.61 Å². The fraction of sp³-hybridized carbons (Fsp3) is 0.522. The molecule has 16 heteroatoms. The molecule has 2 aliphatic rings. The van der Waals surface area contributed by atoms with Crippen LogP contribution in [0.15, 0.2) is 41.6 Å². The van der Waals surface area contributed by atoms with Crippen LogP contribution in [0.2, 0.25) is 0 Å². The van der Waals surface area contributed by atoms with Gasteiger partial charge in [0.25, 0.3) is 6.43 Å². The van der Waals surface area contributed by atoms with Gasteiger partial charge in [0.2, 0.25) is 5.91 Å². The Balaban J connectivity index is 1.88. The minimum Gasteiger partial charge on any atom is -0.462 e. The fourth-order valence-corrected chi connectivity index (χ4v) is 5.41. The van der Waals surface area contributed by atoms with Crippen LogP contribution in [0.4, 0.5) is 8.78 Å². The van der Waals surface area contributed by atoms with Gasteiger partial charge in [-0.1, -0.05) is 29.8 Å². The number of hydrogen-bond acceptors (Lipinski definition) is 10. The number of allylic oxidation sites excluding steroid dienone is 1. The van der Waals surface area contributed by atoms with Gasteiger partial charge in [-0.15, -0.1) is 0 Å². The van der Waals surface area contributed by atoms with Crippen molar-refractivity contribution in [2.75, 3.05) is 6.61 Å². The molecule has 0 saturated carbocycles. The molecule has 1 saturated heterocycles. The number of esters is 1. The van der Waals surface area contributed by atoms with Crippen molar-refractivity contribution in [3.05, 3.63) is 41.6 Å². The monoisotopic (exact) mass is 596 g/mol. The van der Waals surface area contributed by atoms with Gasteiger partial charge in [0.05, 0.1) is 19.1 Å². The predicted octanol–water partition coefficient (Wildman–Crippen LogP) is 2.08. The highest BCUT2D eigenvalue weighted by molar-refractivity contribution is 7.52. The van der Waals surface area contributed by atoms with Gasteiger partial charge in [-0.05, 0) is 32.9 Å². The molecule has 39 heavy (non-hydrogen) atoms. The smallest absolute Gasteiger partial charge is 0.459 e. The number of alkyl halides is 2. The standard InChI is InChI=1S/C23H28ClF2N2O10P/c1-12(2)36-21(33)13(3)27-39(34,38-14-7-5-4-6-8-14)35-11-23(22(25)26)19(32)18(31)20(37-23)28-10-15(24)16(29)9-17(28)30/h4-8,10,12-13,18-20,22,31-32H,9,11H2,1-3H3,(H,27,34)/t13-,18+,19+,20+,23+,39?/m0/s1. The van der Waals surface area contributed by atoms with Crippen LogP contribution in [0.3, 0.4) is 0 Å². The Morgan fingerprint density at radius 1 is 1.26 bits per heavy atom. The maximum atomic E-state index is 14.4. The second-order valence-electron chi connectivity index (χ2n) is 9.09. The number of halogens is 3. The van der Waals surface area contributed by atoms with Crippen molar-refractivity contribution in [2.45, 2.75) is 69.8 Å². The van der Waals surface area contributed by atoms with Crippen LogP contribution in [0.1, 0.15) is 27.2 Å². The normalized spacial score (nSPS) is 27.9. The summed E-state index contributed by atoms with van der Waals surface area (Å²) in [6.45, 7) is 3.11. The number of aliphatic hydroxyl groups excluding tert-OH is 2. The molecule has 1 unspecified atom stereocenters. The molecular weight excluding hydrogens is 569 g/mol. The Hall–Kier alpha value is -2.45. The lowest BCUT2D eigenvalue weighted by Crippen LogP contribution is -2.53. The van der Waals surface area contributed by atoms with Crippen molar-refractivity contribution in [2.24, 2.45) is 0 Å². The van der Waals surface area contributed by atoms with Crippen molar-refractivity contribution in [3.63, 3.8) is 0 Å². The topological polar surface area (TPSA) is 161 Å². The third kappa shape index (κ3) is 7.01. The third-order valence-corrected chi connectivity index (χ3v) is 7.64. The van der Waals surface area contributed by atoms with E-state index in [1.807, 2.05) is 0 Å². The van der Waals surface area contributed by atoms with Crippen molar-refractivity contribution < 1.29 is 56.5 Å². The molecule has 2 heterocycles. The van der Waals surface area contributed by atoms with Gasteiger partial charge in [0, 0.05) is 6.20 Å². The van der Waals surface area contributed by atoms with Crippen LogP contribution in [0, 0.1) is 0 Å². The summed E-state index contributed by atoms with van der Waals surface area (Å²) < 4.78 is 63.6. The summed E-state index contributed by atoms with van der Waals surface area (Å²) in [5.74, 6) is -2.52. The number of ketones is 1. The summed E-state index contributed by atoms with van der Waals surface area (Å²) in [5, 5.41) is 23.0. The summed E-state index contributed by atoms with van der Waals surface area (Å²) in [6, 6.07) is 6.16. The van der Waals surface area contributed by atoms with Gasteiger partial charge < -0.3 is 24.2 Å². The highest BCUT2D eigenvalue weighted by Gasteiger charge is 2.62. The van der Waals surface area contributed by atoms with Crippen LogP contribution in [0.5, 0.6) is 5.75 Å². The Bertz CT molecular complexity index is 1160. The molecule has 0 radical (unpaired) electrons. The average molecular weight is 597 g/mol. The number of aliphatic hydroxyl groups is 2. The second-order valence-corrected chi connectivity index (χ2v) is 11.2. The molecule has 3 N–H and O–H groups in total. The minimum absolute atomic E-state index is 0.0157. The number of hydrogen-bond donors (Lipinski definition) is 3. The van der Waals surface area contributed by atoms with Crippen molar-refractivity contribution in [3.8, 4) is 5.75 Å². The maximum Gasteiger partial charge on any atom is 0.459 e. The summed E-state index contributed by atoms with van der Waals surface area (Å²) >= 11 is 5.77. The number of carbonyl (C=O) groups excluding carboxylic acids is 3. The van der Waals surface area contributed by atoms with E-state index in [1.54, 1.807) is 19.9 Å². The Morgan fingerprint density at radius 2 is 1.90 bits per heavy atom. The number of carbonyl (C=O) groups is 3. The molecule has 0 aliphatic carbocycles. The number of ether oxygens (including phenoxy) is 2. The molecule has 1 aromatic carbocycles. The molecule has 1 aromatic rings. The zero-order valence-electron chi connectivity index (χ0n) is 21.0. The first-order chi connectivity index (χ1) is 18.2. The number of amides is 1. The van der Waals surface area contributed by atoms with E-state index < -0.39 is 86.1 Å². The lowest BCUT2D eigenvalue weighted by molar-refractivity contribution is -0.200. The first-order valence-corrected chi connectivity index (χ1v) is 13.6. The van der Waals surface area contributed by atoms with Gasteiger partial charge in [-0.25, -0.2) is 13.3 Å². The summed E-state index contributed by atoms with van der Waals surface area (Å²) in [6.07, 6.45) is -10.4. The largest absolute Gasteiger partial charge is 0.462 e. The minimum atomic E-state index is -4.67. The highest BCUT2D eigenvalue weighted by Crippen LogP contribution is 2.48. The first kappa shape index (κ1) is 31.1. The molecule has 12 nitrogen and oxygen atoms in total. The molecule has 3 rings (SSSR count). The van der Waals surface area contributed by atoms with Gasteiger partial charge in [-0.2, -0.15) is 5.09 Å². The Labute approximate surface area is 227 Å². The summed E-state index contributed by atoms with van der Waals surface area (Å²) in [5.41, 5.74) is -3.02. The van der Waals surface area contributed by atoms with E-state index in [4.69, 9.17) is 30.1 Å². The maximum absolute atomic E-state index is 14.4. The van der Waals surface area contributed by atoms with E-state index in [9.17, 15) is 37.9 Å². The molecular formula is C23H28ClF2N2O10P. The summed E-state index contributed by atoms with van der Waals surface area (Å²) in [7, 11) is -4.67. The van der Waals surface area contributed by atoms with E-state index >= 15 is 0 Å². The predicted molar refractivity (Wildman–Crippen MR) is 130 cm³/mol. The number of para-hydroxylation sites is 1. The number of Topliss-reactive ketones (excluding diaryl/α,β-unsaturated/α-hetero) is 1. The van der Waals surface area contributed by atoms with Crippen molar-refractivity contribution >= 4 is 37.0 Å². The van der Waals surface area contributed by atoms with Crippen LogP contribution in [-0.2, 0) is 32.9 Å². The van der Waals surface area contributed by atoms with Crippen LogP contribution in [-0.4, -0.2) is 82.0 Å². The van der Waals surface area contributed by atoms with Crippen LogP contribution >= 0.6 is 19.3 Å². The number of nitrogens with one attached hydrogen (secondary N) is 1. The van der Waals surface area contributed by atoms with Gasteiger partial charge >= 0.3 is 13.7 Å². The van der Waals surface area contributed by atoms with E-state index in [0.717, 1.165) is 6.20 Å². The molecule has 216 valence electrons. The Morgan fingerprint density at radius 3 is 2.49 bits per heavy atom. The number of rotatable bonds is 11. The first-order valence-electron chi connectivity index (χ1n) is 11.7. The molecule has 1 amide bonds. The summed E-state index contributed by atoms with van der Waals surface area (Å²) in [4.78, 5) is 36.9. The van der Waals surface area contributed by atoms with Gasteiger partial charge in [0.1, 0.15) is 29.0 Å². The lowest BCUT2D eigenvalue weighted by atomic mass is 9.96. The van der Waals surface area contributed by atoms with E-state index in [2.05, 4.69) is 5.09 Å². The zero-order chi connectivity index (χ0) is 29.1. The molecule has 0 spiro atoms. The van der Waals surface area contributed by atoms with Crippen molar-refractivity contribution in [1.82, 2.24) is 9.99 Å². The van der Waals surface area contributed by atoms with E-state index in [-0.39, 0.29) is 5.75 Å². The zero-order valence-corrected chi connectivity index (χ0v) is 22.7. The molecule has 6 atom stereocenters. The Kier molecular flexibility index (Phi) is 9.87. The second kappa shape index (κ2) is 12.4. The van der Waals surface area contributed by atoms with Gasteiger partial charge in [0.15, 0.2) is 17.6 Å². The third-order valence-electron chi connectivity index (χ3n) is 5.70. The van der Waals surface area contributed by atoms with Crippen molar-refractivity contribution in [1.29, 1.82) is 0 Å². The number of benzene rings is 1. The van der Waals surface area contributed by atoms with E-state index in [1.165, 1.54) is 31.2 Å².